The Balaban J connectivity index is 1.53. The standard InChI is InChI=1S/C28H30N4O5S/c1-18-26-24(28(33)29-12-10-19-6-4-8-22(14-19)36-2)16-25(20-7-5-9-23(15-20)37-3)30-27(26)32(31-18)21-11-13-38(34,35)17-21/h4-9,14-16,21H,10-13,17H2,1-3H3,(H,29,33). The van der Waals surface area contributed by atoms with Gasteiger partial charge in [0.1, 0.15) is 11.5 Å². The van der Waals surface area contributed by atoms with E-state index in [0.29, 0.717) is 53.1 Å². The topological polar surface area (TPSA) is 112 Å². The summed E-state index contributed by atoms with van der Waals surface area (Å²) in [6.45, 7) is 2.25. The number of aromatic nitrogens is 3. The molecule has 1 atom stereocenters. The number of sulfone groups is 1. The van der Waals surface area contributed by atoms with Crippen molar-refractivity contribution in [3.8, 4) is 22.8 Å². The fourth-order valence-corrected chi connectivity index (χ4v) is 6.58. The molecule has 1 fully saturated rings. The molecule has 10 heteroatoms. The maximum atomic E-state index is 13.5. The summed E-state index contributed by atoms with van der Waals surface area (Å²) in [5.41, 5.74) is 3.99. The Kier molecular flexibility index (Phi) is 7.07. The molecular formula is C28H30N4O5S. The van der Waals surface area contributed by atoms with E-state index in [2.05, 4.69) is 10.4 Å². The number of hydrogen-bond donors (Lipinski definition) is 1. The third-order valence-corrected chi connectivity index (χ3v) is 8.59. The second-order valence-corrected chi connectivity index (χ2v) is 11.7. The molecule has 1 N–H and O–H groups in total. The summed E-state index contributed by atoms with van der Waals surface area (Å²) in [6, 6.07) is 16.6. The molecule has 4 aromatic rings. The number of nitrogens with one attached hydrogen (secondary N) is 1. The van der Waals surface area contributed by atoms with Crippen LogP contribution in [0.4, 0.5) is 0 Å². The van der Waals surface area contributed by atoms with Gasteiger partial charge in [0.15, 0.2) is 15.5 Å². The lowest BCUT2D eigenvalue weighted by Gasteiger charge is -2.13. The second kappa shape index (κ2) is 10.4. The number of aryl methyl sites for hydroxylation is 1. The Morgan fingerprint density at radius 2 is 1.82 bits per heavy atom. The number of nitrogens with zero attached hydrogens (tertiary/aromatic N) is 3. The van der Waals surface area contributed by atoms with Crippen LogP contribution in [0.25, 0.3) is 22.3 Å². The SMILES string of the molecule is COc1cccc(CCNC(=O)c2cc(-c3cccc(OC)c3)nc3c2c(C)nn3C2CCS(=O)(=O)C2)c1. The van der Waals surface area contributed by atoms with E-state index < -0.39 is 9.84 Å². The molecule has 9 nitrogen and oxygen atoms in total. The normalized spacial score (nSPS) is 16.4. The highest BCUT2D eigenvalue weighted by atomic mass is 32.2. The first-order valence-corrected chi connectivity index (χ1v) is 14.3. The number of rotatable bonds is 8. The van der Waals surface area contributed by atoms with Gasteiger partial charge in [-0.1, -0.05) is 24.3 Å². The minimum absolute atomic E-state index is 0.0103. The minimum atomic E-state index is -3.14. The van der Waals surface area contributed by atoms with Crippen LogP contribution >= 0.6 is 0 Å². The molecule has 0 radical (unpaired) electrons. The average molecular weight is 535 g/mol. The van der Waals surface area contributed by atoms with Crippen LogP contribution in [-0.4, -0.2) is 61.4 Å². The van der Waals surface area contributed by atoms with E-state index in [0.717, 1.165) is 16.9 Å². The summed E-state index contributed by atoms with van der Waals surface area (Å²) < 4.78 is 36.8. The zero-order valence-corrected chi connectivity index (χ0v) is 22.4. The molecule has 2 aromatic heterocycles. The summed E-state index contributed by atoms with van der Waals surface area (Å²) in [5, 5.41) is 8.32. The first-order chi connectivity index (χ1) is 18.3. The number of ether oxygens (including phenoxy) is 2. The minimum Gasteiger partial charge on any atom is -0.497 e. The Morgan fingerprint density at radius 1 is 1.08 bits per heavy atom. The zero-order valence-electron chi connectivity index (χ0n) is 21.6. The summed E-state index contributed by atoms with van der Waals surface area (Å²) >= 11 is 0. The van der Waals surface area contributed by atoms with Gasteiger partial charge < -0.3 is 14.8 Å². The molecule has 1 amide bonds. The van der Waals surface area contributed by atoms with E-state index in [1.807, 2.05) is 55.5 Å². The van der Waals surface area contributed by atoms with Gasteiger partial charge in [-0.2, -0.15) is 5.10 Å². The highest BCUT2D eigenvalue weighted by Gasteiger charge is 2.32. The third-order valence-electron chi connectivity index (χ3n) is 6.83. The van der Waals surface area contributed by atoms with Crippen molar-refractivity contribution in [3.63, 3.8) is 0 Å². The average Bonchev–Trinajstić information content (AvgIpc) is 3.46. The molecule has 1 aliphatic heterocycles. The van der Waals surface area contributed by atoms with Gasteiger partial charge in [-0.25, -0.2) is 18.1 Å². The van der Waals surface area contributed by atoms with Crippen LogP contribution in [0.2, 0.25) is 0 Å². The van der Waals surface area contributed by atoms with Crippen molar-refractivity contribution < 1.29 is 22.7 Å². The van der Waals surface area contributed by atoms with Crippen LogP contribution in [0, 0.1) is 6.92 Å². The fraction of sp³-hybridized carbons (Fsp3) is 0.321. The van der Waals surface area contributed by atoms with E-state index in [1.165, 1.54) is 0 Å². The van der Waals surface area contributed by atoms with Crippen molar-refractivity contribution in [1.82, 2.24) is 20.1 Å². The number of fused-ring (bicyclic) bond motifs is 1. The predicted molar refractivity (Wildman–Crippen MR) is 146 cm³/mol. The zero-order chi connectivity index (χ0) is 26.9. The Bertz CT molecular complexity index is 1610. The molecule has 0 aliphatic carbocycles. The second-order valence-electron chi connectivity index (χ2n) is 9.43. The number of carbonyl (C=O) groups is 1. The molecule has 2 aromatic carbocycles. The van der Waals surface area contributed by atoms with E-state index in [-0.39, 0.29) is 23.5 Å². The molecule has 1 aliphatic rings. The molecular weight excluding hydrogens is 504 g/mol. The predicted octanol–water partition coefficient (Wildman–Crippen LogP) is 3.76. The van der Waals surface area contributed by atoms with Gasteiger partial charge in [0.2, 0.25) is 0 Å². The molecule has 1 saturated heterocycles. The highest BCUT2D eigenvalue weighted by molar-refractivity contribution is 7.91. The van der Waals surface area contributed by atoms with Crippen molar-refractivity contribution >= 4 is 26.8 Å². The number of amides is 1. The molecule has 0 spiro atoms. The van der Waals surface area contributed by atoms with Gasteiger partial charge in [-0.05, 0) is 55.7 Å². The smallest absolute Gasteiger partial charge is 0.252 e. The summed E-state index contributed by atoms with van der Waals surface area (Å²) in [4.78, 5) is 18.4. The number of methoxy groups -OCH3 is 2. The van der Waals surface area contributed by atoms with E-state index in [9.17, 15) is 13.2 Å². The van der Waals surface area contributed by atoms with Crippen molar-refractivity contribution in [1.29, 1.82) is 0 Å². The number of pyridine rings is 1. The number of hydrogen-bond acceptors (Lipinski definition) is 7. The maximum Gasteiger partial charge on any atom is 0.252 e. The molecule has 38 heavy (non-hydrogen) atoms. The van der Waals surface area contributed by atoms with Gasteiger partial charge in [-0.3, -0.25) is 4.79 Å². The molecule has 0 bridgehead atoms. The van der Waals surface area contributed by atoms with Gasteiger partial charge >= 0.3 is 0 Å². The van der Waals surface area contributed by atoms with Gasteiger partial charge in [0, 0.05) is 12.1 Å². The van der Waals surface area contributed by atoms with Crippen molar-refractivity contribution in [2.75, 3.05) is 32.3 Å². The Morgan fingerprint density at radius 3 is 2.53 bits per heavy atom. The first kappa shape index (κ1) is 25.7. The highest BCUT2D eigenvalue weighted by Crippen LogP contribution is 2.32. The van der Waals surface area contributed by atoms with Crippen molar-refractivity contribution in [3.05, 3.63) is 71.4 Å². The number of carbonyl (C=O) groups excluding carboxylic acids is 1. The summed E-state index contributed by atoms with van der Waals surface area (Å²) in [6.07, 6.45) is 1.10. The molecule has 5 rings (SSSR count). The molecule has 0 saturated carbocycles. The Hall–Kier alpha value is -3.92. The van der Waals surface area contributed by atoms with Crippen LogP contribution in [-0.2, 0) is 16.3 Å². The Labute approximate surface area is 221 Å². The van der Waals surface area contributed by atoms with Gasteiger partial charge in [0.05, 0.1) is 54.1 Å². The van der Waals surface area contributed by atoms with Gasteiger partial charge in [0.25, 0.3) is 5.91 Å². The quantitative estimate of drug-likeness (QED) is 0.366. The monoisotopic (exact) mass is 534 g/mol. The van der Waals surface area contributed by atoms with E-state index >= 15 is 0 Å². The largest absolute Gasteiger partial charge is 0.497 e. The molecule has 1 unspecified atom stereocenters. The van der Waals surface area contributed by atoms with Crippen LogP contribution in [0.5, 0.6) is 11.5 Å². The van der Waals surface area contributed by atoms with Crippen LogP contribution in [0.1, 0.15) is 34.1 Å². The van der Waals surface area contributed by atoms with Crippen molar-refractivity contribution in [2.24, 2.45) is 0 Å². The van der Waals surface area contributed by atoms with Gasteiger partial charge in [-0.15, -0.1) is 0 Å². The third kappa shape index (κ3) is 5.22. The molecule has 198 valence electrons. The molecule has 3 heterocycles. The van der Waals surface area contributed by atoms with Crippen LogP contribution in [0.3, 0.4) is 0 Å². The van der Waals surface area contributed by atoms with Crippen molar-refractivity contribution in [2.45, 2.75) is 25.8 Å². The summed E-state index contributed by atoms with van der Waals surface area (Å²) in [5.74, 6) is 1.32. The maximum absolute atomic E-state index is 13.5. The first-order valence-electron chi connectivity index (χ1n) is 12.4. The van der Waals surface area contributed by atoms with Crippen LogP contribution < -0.4 is 14.8 Å². The van der Waals surface area contributed by atoms with E-state index in [1.54, 1.807) is 25.0 Å². The number of benzene rings is 2. The lowest BCUT2D eigenvalue weighted by atomic mass is 10.0. The lowest BCUT2D eigenvalue weighted by molar-refractivity contribution is 0.0955. The van der Waals surface area contributed by atoms with E-state index in [4.69, 9.17) is 14.5 Å². The summed E-state index contributed by atoms with van der Waals surface area (Å²) in [7, 11) is 0.0796. The van der Waals surface area contributed by atoms with Crippen LogP contribution in [0.15, 0.2) is 54.6 Å². The fourth-order valence-electron chi connectivity index (χ4n) is 4.89. The lowest BCUT2D eigenvalue weighted by Crippen LogP contribution is -2.26.